The normalized spacial score (nSPS) is 10.4. The van der Waals surface area contributed by atoms with Gasteiger partial charge in [-0.2, -0.15) is 0 Å². The van der Waals surface area contributed by atoms with Crippen molar-refractivity contribution in [1.29, 1.82) is 0 Å². The Morgan fingerprint density at radius 2 is 1.67 bits per heavy atom. The first-order valence-corrected chi connectivity index (χ1v) is 6.80. The Bertz CT molecular complexity index is 608. The van der Waals surface area contributed by atoms with E-state index in [1.54, 1.807) is 18.2 Å². The Labute approximate surface area is 124 Å². The molecule has 0 amide bonds. The summed E-state index contributed by atoms with van der Waals surface area (Å²) in [5.74, 6) is -1.93. The molecule has 5 heteroatoms. The smallest absolute Gasteiger partial charge is 0.194 e. The summed E-state index contributed by atoms with van der Waals surface area (Å²) in [4.78, 5) is 12.2. The molecule has 2 aromatic rings. The highest BCUT2D eigenvalue weighted by Crippen LogP contribution is 2.22. The summed E-state index contributed by atoms with van der Waals surface area (Å²) in [7, 11) is 0. The summed E-state index contributed by atoms with van der Waals surface area (Å²) < 4.78 is 27.6. The lowest BCUT2D eigenvalue weighted by molar-refractivity contribution is 0.103. The molecule has 0 aliphatic carbocycles. The largest absolute Gasteiger partial charge is 0.289 e. The first-order chi connectivity index (χ1) is 8.47. The first kappa shape index (κ1) is 13.6. The molecule has 1 nitrogen and oxygen atoms in total. The topological polar surface area (TPSA) is 17.1 Å². The van der Waals surface area contributed by atoms with Crippen molar-refractivity contribution in [3.05, 3.63) is 67.2 Å². The van der Waals surface area contributed by atoms with Gasteiger partial charge < -0.3 is 0 Å². The maximum absolute atomic E-state index is 13.1. The molecule has 0 aromatic heterocycles. The fraction of sp³-hybridized carbons (Fsp3) is 0. The van der Waals surface area contributed by atoms with E-state index in [9.17, 15) is 13.6 Å². The van der Waals surface area contributed by atoms with E-state index in [4.69, 9.17) is 0 Å². The third-order valence-corrected chi connectivity index (χ3v) is 3.73. The average Bonchev–Trinajstić information content (AvgIpc) is 2.30. The van der Waals surface area contributed by atoms with Crippen LogP contribution in [0.15, 0.2) is 40.9 Å². The molecule has 2 aromatic carbocycles. The molecule has 18 heavy (non-hydrogen) atoms. The number of ketones is 1. The van der Waals surface area contributed by atoms with Crippen LogP contribution >= 0.6 is 38.5 Å². The second-order valence-corrected chi connectivity index (χ2v) is 5.69. The number of benzene rings is 2. The third kappa shape index (κ3) is 2.95. The maximum atomic E-state index is 13.1. The van der Waals surface area contributed by atoms with E-state index in [1.165, 1.54) is 0 Å². The average molecular weight is 423 g/mol. The van der Waals surface area contributed by atoms with Gasteiger partial charge in [-0.05, 0) is 52.9 Å². The van der Waals surface area contributed by atoms with Crippen LogP contribution in [0.5, 0.6) is 0 Å². The lowest BCUT2D eigenvalue weighted by Gasteiger charge is -2.05. The lowest BCUT2D eigenvalue weighted by Crippen LogP contribution is -2.05. The molecule has 0 aliphatic heterocycles. The second-order valence-electron chi connectivity index (χ2n) is 3.61. The van der Waals surface area contributed by atoms with Gasteiger partial charge in [0.2, 0.25) is 0 Å². The molecule has 0 atom stereocenters. The summed E-state index contributed by atoms with van der Waals surface area (Å²) in [6.45, 7) is 0. The third-order valence-electron chi connectivity index (χ3n) is 2.30. The van der Waals surface area contributed by atoms with Crippen molar-refractivity contribution in [1.82, 2.24) is 0 Å². The van der Waals surface area contributed by atoms with Crippen LogP contribution in [0.25, 0.3) is 0 Å². The van der Waals surface area contributed by atoms with Crippen LogP contribution in [0.3, 0.4) is 0 Å². The highest BCUT2D eigenvalue weighted by molar-refractivity contribution is 14.1. The Kier molecular flexibility index (Phi) is 4.11. The van der Waals surface area contributed by atoms with Crippen molar-refractivity contribution >= 4 is 44.3 Å². The summed E-state index contributed by atoms with van der Waals surface area (Å²) in [5.41, 5.74) is 0.415. The molecular formula is C13H6BrF2IO. The van der Waals surface area contributed by atoms with Crippen LogP contribution in [0, 0.1) is 15.2 Å². The zero-order valence-electron chi connectivity index (χ0n) is 8.88. The molecule has 0 saturated carbocycles. The number of rotatable bonds is 2. The zero-order chi connectivity index (χ0) is 13.3. The van der Waals surface area contributed by atoms with E-state index in [2.05, 4.69) is 15.9 Å². The summed E-state index contributed by atoms with van der Waals surface area (Å²) in [6, 6.07) is 7.98. The number of hydrogen-bond donors (Lipinski definition) is 0. The van der Waals surface area contributed by atoms with Crippen molar-refractivity contribution in [3.8, 4) is 0 Å². The van der Waals surface area contributed by atoms with Crippen molar-refractivity contribution in [3.63, 3.8) is 0 Å². The highest BCUT2D eigenvalue weighted by Gasteiger charge is 2.15. The summed E-state index contributed by atoms with van der Waals surface area (Å²) in [5, 5.41) is 0. The molecule has 0 fully saturated rings. The van der Waals surface area contributed by atoms with Gasteiger partial charge in [-0.15, -0.1) is 0 Å². The monoisotopic (exact) mass is 422 g/mol. The van der Waals surface area contributed by atoms with E-state index in [0.717, 1.165) is 26.2 Å². The van der Waals surface area contributed by atoms with Crippen LogP contribution in [0.4, 0.5) is 8.78 Å². The van der Waals surface area contributed by atoms with Crippen LogP contribution < -0.4 is 0 Å². The minimum Gasteiger partial charge on any atom is -0.289 e. The SMILES string of the molecule is O=C(c1cc(F)cc(F)c1)c1cc(Br)ccc1I. The molecule has 0 spiro atoms. The highest BCUT2D eigenvalue weighted by atomic mass is 127. The van der Waals surface area contributed by atoms with Gasteiger partial charge in [0.15, 0.2) is 5.78 Å². The number of hydrogen-bond acceptors (Lipinski definition) is 1. The summed E-state index contributed by atoms with van der Waals surface area (Å²) in [6.07, 6.45) is 0. The second kappa shape index (κ2) is 5.44. The van der Waals surface area contributed by atoms with Crippen LogP contribution in [-0.4, -0.2) is 5.78 Å². The fourth-order valence-electron chi connectivity index (χ4n) is 1.51. The van der Waals surface area contributed by atoms with Crippen molar-refractivity contribution in [2.24, 2.45) is 0 Å². The van der Waals surface area contributed by atoms with Crippen molar-refractivity contribution < 1.29 is 13.6 Å². The molecule has 0 unspecified atom stereocenters. The molecule has 2 rings (SSSR count). The van der Waals surface area contributed by atoms with Crippen LogP contribution in [0.2, 0.25) is 0 Å². The fourth-order valence-corrected chi connectivity index (χ4v) is 2.45. The van der Waals surface area contributed by atoms with E-state index >= 15 is 0 Å². The van der Waals surface area contributed by atoms with Crippen molar-refractivity contribution in [2.75, 3.05) is 0 Å². The Balaban J connectivity index is 2.51. The van der Waals surface area contributed by atoms with Gasteiger partial charge in [0, 0.05) is 25.2 Å². The van der Waals surface area contributed by atoms with Gasteiger partial charge in [-0.25, -0.2) is 8.78 Å². The van der Waals surface area contributed by atoms with Gasteiger partial charge in [0.05, 0.1) is 0 Å². The minimum absolute atomic E-state index is 0.00326. The predicted octanol–water partition coefficient (Wildman–Crippen LogP) is 4.56. The Morgan fingerprint density at radius 1 is 1.06 bits per heavy atom. The predicted molar refractivity (Wildman–Crippen MR) is 76.6 cm³/mol. The molecule has 0 radical (unpaired) electrons. The molecule has 92 valence electrons. The van der Waals surface area contributed by atoms with Gasteiger partial charge in [0.1, 0.15) is 11.6 Å². The van der Waals surface area contributed by atoms with E-state index in [1.807, 2.05) is 22.6 Å². The summed E-state index contributed by atoms with van der Waals surface area (Å²) >= 11 is 5.27. The quantitative estimate of drug-likeness (QED) is 0.512. The molecule has 0 heterocycles. The standard InChI is InChI=1S/C13H6BrF2IO/c14-8-1-2-12(17)11(5-8)13(18)7-3-9(15)6-10(16)4-7/h1-6H. The Morgan fingerprint density at radius 3 is 2.28 bits per heavy atom. The zero-order valence-corrected chi connectivity index (χ0v) is 12.6. The molecule has 0 saturated heterocycles. The minimum atomic E-state index is -0.761. The van der Waals surface area contributed by atoms with E-state index in [-0.39, 0.29) is 5.56 Å². The van der Waals surface area contributed by atoms with Gasteiger partial charge in [0.25, 0.3) is 0 Å². The lowest BCUT2D eigenvalue weighted by atomic mass is 10.0. The molecule has 0 N–H and O–H groups in total. The number of carbonyl (C=O) groups is 1. The van der Waals surface area contributed by atoms with Crippen LogP contribution in [0.1, 0.15) is 15.9 Å². The van der Waals surface area contributed by atoms with Gasteiger partial charge in [-0.3, -0.25) is 4.79 Å². The molecule has 0 aliphatic rings. The molecular weight excluding hydrogens is 417 g/mol. The van der Waals surface area contributed by atoms with Gasteiger partial charge in [-0.1, -0.05) is 15.9 Å². The first-order valence-electron chi connectivity index (χ1n) is 4.93. The van der Waals surface area contributed by atoms with E-state index < -0.39 is 17.4 Å². The van der Waals surface area contributed by atoms with Gasteiger partial charge >= 0.3 is 0 Å². The van der Waals surface area contributed by atoms with E-state index in [0.29, 0.717) is 5.56 Å². The maximum Gasteiger partial charge on any atom is 0.194 e. The Hall–Kier alpha value is -0.820. The van der Waals surface area contributed by atoms with Crippen molar-refractivity contribution in [2.45, 2.75) is 0 Å². The molecule has 0 bridgehead atoms. The van der Waals surface area contributed by atoms with Crippen LogP contribution in [-0.2, 0) is 0 Å². The number of halogens is 4. The number of carbonyl (C=O) groups excluding carboxylic acids is 1.